The molecule has 3 rings (SSSR count). The number of hydrogen-bond donors (Lipinski definition) is 2. The van der Waals surface area contributed by atoms with Crippen molar-refractivity contribution in [3.8, 4) is 0 Å². The van der Waals surface area contributed by atoms with Crippen LogP contribution in [0.2, 0.25) is 0 Å². The summed E-state index contributed by atoms with van der Waals surface area (Å²) in [7, 11) is 0. The molecule has 0 bridgehead atoms. The summed E-state index contributed by atoms with van der Waals surface area (Å²) in [5, 5.41) is 3.50. The summed E-state index contributed by atoms with van der Waals surface area (Å²) in [6.45, 7) is 0. The van der Waals surface area contributed by atoms with E-state index in [0.29, 0.717) is 18.4 Å². The molecule has 5 nitrogen and oxygen atoms in total. The van der Waals surface area contributed by atoms with Crippen LogP contribution in [0.25, 0.3) is 10.9 Å². The van der Waals surface area contributed by atoms with Crippen LogP contribution in [0.1, 0.15) is 22.3 Å². The summed E-state index contributed by atoms with van der Waals surface area (Å²) >= 11 is 0. The maximum absolute atomic E-state index is 12.6. The molecule has 1 aromatic heterocycles. The highest BCUT2D eigenvalue weighted by molar-refractivity contribution is 6.07. The number of nitrogens with two attached hydrogens (primary N) is 1. The number of carbonyl (C=O) groups is 2. The molecule has 3 N–H and O–H groups in total. The highest BCUT2D eigenvalue weighted by atomic mass is 16.2. The molecule has 0 unspecified atom stereocenters. The van der Waals surface area contributed by atoms with E-state index in [9.17, 15) is 9.59 Å². The third kappa shape index (κ3) is 4.01. The van der Waals surface area contributed by atoms with E-state index in [2.05, 4.69) is 10.3 Å². The van der Waals surface area contributed by atoms with Gasteiger partial charge >= 0.3 is 0 Å². The SMILES string of the molecule is NC(=O)[C@@H](CCc1ccccc1)NC(=O)c1ccnc2ccccc12. The van der Waals surface area contributed by atoms with Crippen molar-refractivity contribution in [3.63, 3.8) is 0 Å². The number of aromatic nitrogens is 1. The van der Waals surface area contributed by atoms with E-state index < -0.39 is 11.9 Å². The highest BCUT2D eigenvalue weighted by Gasteiger charge is 2.20. The minimum atomic E-state index is -0.723. The fraction of sp³-hybridized carbons (Fsp3) is 0.150. The molecule has 0 aliphatic carbocycles. The first kappa shape index (κ1) is 16.6. The van der Waals surface area contributed by atoms with E-state index in [1.807, 2.05) is 54.6 Å². The van der Waals surface area contributed by atoms with Crippen LogP contribution in [0.5, 0.6) is 0 Å². The van der Waals surface area contributed by atoms with Gasteiger partial charge in [0.25, 0.3) is 5.91 Å². The van der Waals surface area contributed by atoms with Crippen molar-refractivity contribution in [1.82, 2.24) is 10.3 Å². The number of benzene rings is 2. The smallest absolute Gasteiger partial charge is 0.252 e. The molecular formula is C20H19N3O2. The van der Waals surface area contributed by atoms with Gasteiger partial charge in [-0.15, -0.1) is 0 Å². The normalized spacial score (nSPS) is 11.8. The lowest BCUT2D eigenvalue weighted by Gasteiger charge is -2.16. The fourth-order valence-electron chi connectivity index (χ4n) is 2.77. The Kier molecular flexibility index (Phi) is 5.04. The second-order valence-electron chi connectivity index (χ2n) is 5.83. The summed E-state index contributed by atoms with van der Waals surface area (Å²) in [6, 6.07) is 18.1. The summed E-state index contributed by atoms with van der Waals surface area (Å²) in [5.41, 5.74) is 7.78. The third-order valence-electron chi connectivity index (χ3n) is 4.11. The van der Waals surface area contributed by atoms with Crippen molar-refractivity contribution in [3.05, 3.63) is 78.0 Å². The Labute approximate surface area is 145 Å². The summed E-state index contributed by atoms with van der Waals surface area (Å²) < 4.78 is 0. The van der Waals surface area contributed by atoms with Gasteiger partial charge in [-0.3, -0.25) is 14.6 Å². The number of rotatable bonds is 6. The van der Waals surface area contributed by atoms with Gasteiger partial charge in [-0.25, -0.2) is 0 Å². The van der Waals surface area contributed by atoms with Crippen LogP contribution < -0.4 is 11.1 Å². The van der Waals surface area contributed by atoms with E-state index >= 15 is 0 Å². The zero-order valence-electron chi connectivity index (χ0n) is 13.7. The van der Waals surface area contributed by atoms with E-state index in [1.54, 1.807) is 12.3 Å². The molecule has 2 amide bonds. The predicted octanol–water partition coefficient (Wildman–Crippen LogP) is 2.45. The molecule has 3 aromatic rings. The van der Waals surface area contributed by atoms with E-state index in [-0.39, 0.29) is 5.91 Å². The minimum absolute atomic E-state index is 0.324. The Balaban J connectivity index is 1.75. The second kappa shape index (κ2) is 7.57. The Morgan fingerprint density at radius 2 is 1.72 bits per heavy atom. The van der Waals surface area contributed by atoms with Gasteiger partial charge < -0.3 is 11.1 Å². The van der Waals surface area contributed by atoms with Crippen LogP contribution in [0.4, 0.5) is 0 Å². The summed E-state index contributed by atoms with van der Waals surface area (Å²) in [4.78, 5) is 28.6. The van der Waals surface area contributed by atoms with Crippen molar-refractivity contribution in [2.75, 3.05) is 0 Å². The first-order valence-electron chi connectivity index (χ1n) is 8.13. The number of hydrogen-bond acceptors (Lipinski definition) is 3. The van der Waals surface area contributed by atoms with Crippen molar-refractivity contribution in [2.24, 2.45) is 5.73 Å². The molecule has 1 heterocycles. The van der Waals surface area contributed by atoms with Crippen LogP contribution >= 0.6 is 0 Å². The van der Waals surface area contributed by atoms with Crippen molar-refractivity contribution >= 4 is 22.7 Å². The quantitative estimate of drug-likeness (QED) is 0.726. The molecule has 0 fully saturated rings. The standard InChI is InChI=1S/C20H19N3O2/c21-19(24)18(11-10-14-6-2-1-3-7-14)23-20(25)16-12-13-22-17-9-5-4-8-15(16)17/h1-9,12-13,18H,10-11H2,(H2,21,24)(H,23,25)/t18-/m1/s1. The zero-order valence-corrected chi connectivity index (χ0v) is 13.7. The summed E-state index contributed by atoms with van der Waals surface area (Å²) in [6.07, 6.45) is 2.69. The maximum Gasteiger partial charge on any atom is 0.252 e. The van der Waals surface area contributed by atoms with Crippen LogP contribution in [0.3, 0.4) is 0 Å². The first-order valence-corrected chi connectivity index (χ1v) is 8.13. The number of amides is 2. The largest absolute Gasteiger partial charge is 0.368 e. The minimum Gasteiger partial charge on any atom is -0.368 e. The first-order chi connectivity index (χ1) is 12.1. The van der Waals surface area contributed by atoms with Gasteiger partial charge in [0, 0.05) is 11.6 Å². The van der Waals surface area contributed by atoms with Crippen molar-refractivity contribution in [2.45, 2.75) is 18.9 Å². The molecule has 0 aliphatic rings. The Morgan fingerprint density at radius 3 is 2.48 bits per heavy atom. The van der Waals surface area contributed by atoms with Crippen LogP contribution in [0.15, 0.2) is 66.9 Å². The number of nitrogens with zero attached hydrogens (tertiary/aromatic N) is 1. The van der Waals surface area contributed by atoms with E-state index in [4.69, 9.17) is 5.73 Å². The molecule has 25 heavy (non-hydrogen) atoms. The number of carbonyl (C=O) groups excluding carboxylic acids is 2. The predicted molar refractivity (Wildman–Crippen MR) is 97.0 cm³/mol. The number of primary amides is 1. The van der Waals surface area contributed by atoms with Gasteiger partial charge in [0.1, 0.15) is 6.04 Å². The molecule has 126 valence electrons. The number of nitrogens with one attached hydrogen (secondary N) is 1. The van der Waals surface area contributed by atoms with Crippen LogP contribution in [0, 0.1) is 0 Å². The van der Waals surface area contributed by atoms with Crippen molar-refractivity contribution < 1.29 is 9.59 Å². The average molecular weight is 333 g/mol. The molecule has 1 atom stereocenters. The molecule has 0 radical (unpaired) electrons. The van der Waals surface area contributed by atoms with Gasteiger partial charge in [-0.1, -0.05) is 48.5 Å². The molecule has 5 heteroatoms. The Bertz CT molecular complexity index is 888. The lowest BCUT2D eigenvalue weighted by atomic mass is 10.0. The van der Waals surface area contributed by atoms with E-state index in [1.165, 1.54) is 0 Å². The topological polar surface area (TPSA) is 85.1 Å². The molecule has 0 saturated heterocycles. The van der Waals surface area contributed by atoms with Gasteiger partial charge in [-0.05, 0) is 30.5 Å². The number of fused-ring (bicyclic) bond motifs is 1. The Morgan fingerprint density at radius 1 is 1.00 bits per heavy atom. The lowest BCUT2D eigenvalue weighted by molar-refractivity contribution is -0.120. The number of aryl methyl sites for hydroxylation is 1. The average Bonchev–Trinajstić information content (AvgIpc) is 2.65. The van der Waals surface area contributed by atoms with Crippen molar-refractivity contribution in [1.29, 1.82) is 0 Å². The molecule has 0 saturated carbocycles. The third-order valence-corrected chi connectivity index (χ3v) is 4.11. The van der Waals surface area contributed by atoms with Gasteiger partial charge in [0.15, 0.2) is 0 Å². The fourth-order valence-corrected chi connectivity index (χ4v) is 2.77. The zero-order chi connectivity index (χ0) is 17.6. The van der Waals surface area contributed by atoms with Crippen LogP contribution in [-0.4, -0.2) is 22.8 Å². The van der Waals surface area contributed by atoms with Crippen LogP contribution in [-0.2, 0) is 11.2 Å². The monoisotopic (exact) mass is 333 g/mol. The Hall–Kier alpha value is -3.21. The molecular weight excluding hydrogens is 314 g/mol. The number of para-hydroxylation sites is 1. The molecule has 0 aliphatic heterocycles. The second-order valence-corrected chi connectivity index (χ2v) is 5.83. The molecule has 0 spiro atoms. The van der Waals surface area contributed by atoms with E-state index in [0.717, 1.165) is 16.5 Å². The highest BCUT2D eigenvalue weighted by Crippen LogP contribution is 2.16. The van der Waals surface area contributed by atoms with Gasteiger partial charge in [0.05, 0.1) is 11.1 Å². The summed E-state index contributed by atoms with van der Waals surface area (Å²) in [5.74, 6) is -0.863. The van der Waals surface area contributed by atoms with Gasteiger partial charge in [0.2, 0.25) is 5.91 Å². The molecule has 2 aromatic carbocycles. The lowest BCUT2D eigenvalue weighted by Crippen LogP contribution is -2.44. The van der Waals surface area contributed by atoms with Gasteiger partial charge in [-0.2, -0.15) is 0 Å². The number of pyridine rings is 1. The maximum atomic E-state index is 12.6.